The van der Waals surface area contributed by atoms with E-state index in [4.69, 9.17) is 0 Å². The van der Waals surface area contributed by atoms with Crippen LogP contribution < -0.4 is 0 Å². The van der Waals surface area contributed by atoms with Gasteiger partial charge in [-0.05, 0) is 6.92 Å². The molecule has 0 bridgehead atoms. The largest absolute Gasteiger partial charge is 0.469 e. The highest BCUT2D eigenvalue weighted by Crippen LogP contribution is 2.09. The zero-order chi connectivity index (χ0) is 10.1. The average molecular weight is 193 g/mol. The lowest BCUT2D eigenvalue weighted by atomic mass is 10.3. The van der Waals surface area contributed by atoms with Gasteiger partial charge in [-0.25, -0.2) is 9.50 Å². The fourth-order valence-electron chi connectivity index (χ4n) is 1.34. The molecule has 5 nitrogen and oxygen atoms in total. The van der Waals surface area contributed by atoms with Crippen LogP contribution >= 0.6 is 0 Å². The van der Waals surface area contributed by atoms with Crippen LogP contribution in [0.5, 0.6) is 0 Å². The normalized spacial score (nSPS) is 10.7. The first-order valence-corrected chi connectivity index (χ1v) is 4.29. The number of aryl methyl sites for hydroxylation is 1. The molecule has 0 aliphatic heterocycles. The molecule has 0 amide bonds. The molecule has 2 heterocycles. The third-order valence-electron chi connectivity index (χ3n) is 2.08. The van der Waals surface area contributed by atoms with E-state index in [2.05, 4.69) is 14.8 Å². The van der Waals surface area contributed by atoms with Gasteiger partial charge in [0.2, 0.25) is 0 Å². The van der Waals surface area contributed by atoms with Crippen LogP contribution in [0.25, 0.3) is 5.65 Å². The smallest absolute Gasteiger partial charge is 0.311 e. The van der Waals surface area contributed by atoms with Crippen LogP contribution in [0.3, 0.4) is 0 Å². The number of carbonyl (C=O) groups excluding carboxylic acids is 1. The molecule has 2 aromatic heterocycles. The molecule has 0 aliphatic carbocycles. The van der Waals surface area contributed by atoms with Gasteiger partial charge < -0.3 is 4.74 Å². The number of imidazole rings is 1. The van der Waals surface area contributed by atoms with Gasteiger partial charge in [-0.3, -0.25) is 9.89 Å². The van der Waals surface area contributed by atoms with Crippen molar-refractivity contribution in [2.24, 2.45) is 0 Å². The number of carbonyl (C=O) groups is 1. The fourth-order valence-corrected chi connectivity index (χ4v) is 1.34. The molecule has 5 heteroatoms. The Kier molecular flexibility index (Phi) is 1.99. The third kappa shape index (κ3) is 1.37. The first kappa shape index (κ1) is 8.80. The maximum Gasteiger partial charge on any atom is 0.311 e. The number of rotatable bonds is 2. The number of aromatic nitrogens is 3. The minimum absolute atomic E-state index is 0.214. The highest BCUT2D eigenvalue weighted by atomic mass is 16.5. The minimum Gasteiger partial charge on any atom is -0.469 e. The van der Waals surface area contributed by atoms with Crippen molar-refractivity contribution in [1.29, 1.82) is 0 Å². The fraction of sp³-hybridized carbons (Fsp3) is 0.333. The summed E-state index contributed by atoms with van der Waals surface area (Å²) in [4.78, 5) is 15.3. The van der Waals surface area contributed by atoms with Crippen LogP contribution in [0.4, 0.5) is 0 Å². The van der Waals surface area contributed by atoms with E-state index >= 15 is 0 Å². The number of esters is 1. The van der Waals surface area contributed by atoms with Crippen molar-refractivity contribution in [3.8, 4) is 0 Å². The molecule has 0 saturated carbocycles. The van der Waals surface area contributed by atoms with Gasteiger partial charge in [-0.15, -0.1) is 0 Å². The van der Waals surface area contributed by atoms with Gasteiger partial charge in [0, 0.05) is 11.8 Å². The van der Waals surface area contributed by atoms with Crippen LogP contribution in [0.1, 0.15) is 11.3 Å². The van der Waals surface area contributed by atoms with E-state index in [1.807, 2.05) is 13.1 Å². The second-order valence-electron chi connectivity index (χ2n) is 3.14. The molecular weight excluding hydrogens is 182 g/mol. The Labute approximate surface area is 80.7 Å². The predicted molar refractivity (Wildman–Crippen MR) is 50.0 cm³/mol. The van der Waals surface area contributed by atoms with E-state index < -0.39 is 0 Å². The van der Waals surface area contributed by atoms with Gasteiger partial charge in [0.1, 0.15) is 0 Å². The van der Waals surface area contributed by atoms with Crippen molar-refractivity contribution >= 4 is 11.6 Å². The number of ether oxygens (including phenoxy) is 1. The van der Waals surface area contributed by atoms with Crippen molar-refractivity contribution in [3.05, 3.63) is 23.7 Å². The molecule has 0 spiro atoms. The highest BCUT2D eigenvalue weighted by molar-refractivity contribution is 5.72. The van der Waals surface area contributed by atoms with E-state index in [0.717, 1.165) is 11.2 Å². The lowest BCUT2D eigenvalue weighted by Crippen LogP contribution is -2.04. The molecule has 0 aliphatic rings. The van der Waals surface area contributed by atoms with Gasteiger partial charge in [0.15, 0.2) is 5.65 Å². The van der Waals surface area contributed by atoms with Gasteiger partial charge in [0.05, 0.1) is 25.4 Å². The molecular formula is C9H11N3O2. The van der Waals surface area contributed by atoms with Gasteiger partial charge >= 0.3 is 5.97 Å². The average Bonchev–Trinajstić information content (AvgIpc) is 2.69. The summed E-state index contributed by atoms with van der Waals surface area (Å²) in [5.74, 6) is -0.275. The lowest BCUT2D eigenvalue weighted by Gasteiger charge is -1.93. The van der Waals surface area contributed by atoms with Gasteiger partial charge in [-0.2, -0.15) is 0 Å². The van der Waals surface area contributed by atoms with E-state index in [1.54, 1.807) is 10.7 Å². The zero-order valence-electron chi connectivity index (χ0n) is 8.07. The van der Waals surface area contributed by atoms with Crippen LogP contribution in [0.15, 0.2) is 12.4 Å². The predicted octanol–water partition coefficient (Wildman–Crippen LogP) is 0.686. The molecule has 0 fully saturated rings. The molecule has 0 saturated heterocycles. The summed E-state index contributed by atoms with van der Waals surface area (Å²) in [5.41, 5.74) is 2.62. The SMILES string of the molecule is COC(=O)Cc1cn2[nH]cc(C)c2n1. The van der Waals surface area contributed by atoms with Gasteiger partial charge in [0.25, 0.3) is 0 Å². The van der Waals surface area contributed by atoms with Gasteiger partial charge in [-0.1, -0.05) is 0 Å². The number of nitrogens with one attached hydrogen (secondary N) is 1. The number of hydrogen-bond donors (Lipinski definition) is 1. The summed E-state index contributed by atoms with van der Waals surface area (Å²) < 4.78 is 6.34. The Morgan fingerprint density at radius 2 is 2.50 bits per heavy atom. The number of hydrogen-bond acceptors (Lipinski definition) is 3. The number of fused-ring (bicyclic) bond motifs is 1. The second-order valence-corrected chi connectivity index (χ2v) is 3.14. The van der Waals surface area contributed by atoms with Crippen LogP contribution in [-0.2, 0) is 16.0 Å². The Bertz CT molecular complexity index is 469. The molecule has 0 radical (unpaired) electrons. The first-order chi connectivity index (χ1) is 6.70. The Balaban J connectivity index is 2.31. The second kappa shape index (κ2) is 3.17. The number of H-pyrrole nitrogens is 1. The topological polar surface area (TPSA) is 59.4 Å². The molecule has 2 rings (SSSR count). The van der Waals surface area contributed by atoms with Crippen molar-refractivity contribution in [2.45, 2.75) is 13.3 Å². The maximum absolute atomic E-state index is 11.0. The minimum atomic E-state index is -0.275. The highest BCUT2D eigenvalue weighted by Gasteiger charge is 2.09. The summed E-state index contributed by atoms with van der Waals surface area (Å²) in [6.07, 6.45) is 3.87. The van der Waals surface area contributed by atoms with Crippen molar-refractivity contribution in [2.75, 3.05) is 7.11 Å². The van der Waals surface area contributed by atoms with E-state index in [0.29, 0.717) is 5.69 Å². The van der Waals surface area contributed by atoms with E-state index in [1.165, 1.54) is 7.11 Å². The molecule has 0 atom stereocenters. The van der Waals surface area contributed by atoms with Crippen LogP contribution in [0, 0.1) is 6.92 Å². The summed E-state index contributed by atoms with van der Waals surface area (Å²) in [6, 6.07) is 0. The summed E-state index contributed by atoms with van der Waals surface area (Å²) >= 11 is 0. The molecule has 0 aromatic carbocycles. The van der Waals surface area contributed by atoms with Crippen molar-refractivity contribution in [1.82, 2.24) is 14.6 Å². The van der Waals surface area contributed by atoms with Crippen LogP contribution in [0.2, 0.25) is 0 Å². The summed E-state index contributed by atoms with van der Waals surface area (Å²) in [6.45, 7) is 1.96. The Morgan fingerprint density at radius 1 is 1.71 bits per heavy atom. The Morgan fingerprint density at radius 3 is 3.14 bits per heavy atom. The molecule has 0 unspecified atom stereocenters. The molecule has 2 aromatic rings. The van der Waals surface area contributed by atoms with Crippen molar-refractivity contribution < 1.29 is 9.53 Å². The zero-order valence-corrected chi connectivity index (χ0v) is 8.07. The maximum atomic E-state index is 11.0. The van der Waals surface area contributed by atoms with E-state index in [9.17, 15) is 4.79 Å². The molecule has 14 heavy (non-hydrogen) atoms. The van der Waals surface area contributed by atoms with Crippen LogP contribution in [-0.4, -0.2) is 27.7 Å². The quantitative estimate of drug-likeness (QED) is 0.714. The third-order valence-corrected chi connectivity index (χ3v) is 2.08. The number of aromatic amines is 1. The Hall–Kier alpha value is -1.78. The first-order valence-electron chi connectivity index (χ1n) is 4.29. The molecule has 74 valence electrons. The monoisotopic (exact) mass is 193 g/mol. The summed E-state index contributed by atoms with van der Waals surface area (Å²) in [5, 5.41) is 3.00. The summed E-state index contributed by atoms with van der Waals surface area (Å²) in [7, 11) is 1.37. The van der Waals surface area contributed by atoms with Crippen molar-refractivity contribution in [3.63, 3.8) is 0 Å². The molecule has 1 N–H and O–H groups in total. The van der Waals surface area contributed by atoms with E-state index in [-0.39, 0.29) is 12.4 Å². The standard InChI is InChI=1S/C9H11N3O2/c1-6-4-10-12-5-7(11-9(6)12)3-8(13)14-2/h4-5,10H,3H2,1-2H3. The number of methoxy groups -OCH3 is 1. The lowest BCUT2D eigenvalue weighted by molar-refractivity contribution is -0.139. The number of nitrogens with zero attached hydrogens (tertiary/aromatic N) is 2.